The number of ether oxygens (including phenoxy) is 2. The highest BCUT2D eigenvalue weighted by Crippen LogP contribution is 2.12. The van der Waals surface area contributed by atoms with E-state index in [1.165, 1.54) is 38.5 Å². The van der Waals surface area contributed by atoms with E-state index in [9.17, 15) is 19.8 Å². The van der Waals surface area contributed by atoms with Crippen molar-refractivity contribution in [3.8, 4) is 0 Å². The molecule has 0 amide bonds. The molecule has 0 saturated carbocycles. The van der Waals surface area contributed by atoms with Crippen LogP contribution in [0.5, 0.6) is 0 Å². The molecule has 2 N–H and O–H groups in total. The van der Waals surface area contributed by atoms with E-state index in [2.05, 4.69) is 38.2 Å². The zero-order valence-electron chi connectivity index (χ0n) is 29.5. The third-order valence-corrected chi connectivity index (χ3v) is 8.25. The van der Waals surface area contributed by atoms with E-state index in [0.29, 0.717) is 32.5 Å². The average molecular weight is 637 g/mol. The summed E-state index contributed by atoms with van der Waals surface area (Å²) in [6.07, 6.45) is 35.5. The Hall–Kier alpha value is -1.66. The normalized spacial score (nSPS) is 13.1. The van der Waals surface area contributed by atoms with Crippen LogP contribution in [0.25, 0.3) is 0 Å². The van der Waals surface area contributed by atoms with Crippen LogP contribution >= 0.6 is 0 Å². The standard InChI is InChI=1S/C39H72O6/c1-3-5-7-21-28-36(40)30-23-17-13-9-11-15-19-25-32-38(42)44-34-27-35-45-39(43)33-26-20-16-12-10-14-18-24-31-37(41)29-22-8-6-4-2/h17-18,23-24,36-37,40-41H,3-16,19-22,25-35H2,1-2H3/b23-17-,24-18+/t36-,37+/m0/s1. The van der Waals surface area contributed by atoms with E-state index in [0.717, 1.165) is 116 Å². The molecule has 0 aliphatic heterocycles. The lowest BCUT2D eigenvalue weighted by Gasteiger charge is -2.07. The molecule has 6 heteroatoms. The Kier molecular flexibility index (Phi) is 33.9. The van der Waals surface area contributed by atoms with E-state index in [1.54, 1.807) is 0 Å². The van der Waals surface area contributed by atoms with E-state index in [-0.39, 0.29) is 24.1 Å². The van der Waals surface area contributed by atoms with E-state index < -0.39 is 0 Å². The summed E-state index contributed by atoms with van der Waals surface area (Å²) in [6.45, 7) is 5.02. The Labute approximate surface area is 277 Å². The molecule has 6 nitrogen and oxygen atoms in total. The molecule has 2 atom stereocenters. The second-order valence-corrected chi connectivity index (χ2v) is 12.8. The summed E-state index contributed by atoms with van der Waals surface area (Å²) in [6, 6.07) is 0. The molecule has 0 aromatic rings. The Morgan fingerprint density at radius 1 is 0.489 bits per heavy atom. The maximum absolute atomic E-state index is 11.9. The van der Waals surface area contributed by atoms with Gasteiger partial charge in [-0.25, -0.2) is 0 Å². The number of rotatable bonds is 34. The topological polar surface area (TPSA) is 93.1 Å². The fourth-order valence-electron chi connectivity index (χ4n) is 5.29. The van der Waals surface area contributed by atoms with Crippen LogP contribution in [0.4, 0.5) is 0 Å². The molecule has 45 heavy (non-hydrogen) atoms. The molecule has 0 saturated heterocycles. The predicted octanol–water partition coefficient (Wildman–Crippen LogP) is 10.5. The number of esters is 2. The number of aliphatic hydroxyl groups is 2. The fraction of sp³-hybridized carbons (Fsp3) is 0.846. The van der Waals surface area contributed by atoms with E-state index in [1.807, 2.05) is 0 Å². The first kappa shape index (κ1) is 43.3. The third kappa shape index (κ3) is 35.0. The van der Waals surface area contributed by atoms with Gasteiger partial charge in [0.15, 0.2) is 0 Å². The van der Waals surface area contributed by atoms with Gasteiger partial charge in [0.05, 0.1) is 25.4 Å². The minimum atomic E-state index is -0.195. The van der Waals surface area contributed by atoms with Crippen molar-refractivity contribution in [2.24, 2.45) is 0 Å². The summed E-state index contributed by atoms with van der Waals surface area (Å²) >= 11 is 0. The van der Waals surface area contributed by atoms with E-state index >= 15 is 0 Å². The van der Waals surface area contributed by atoms with Gasteiger partial charge in [0, 0.05) is 19.3 Å². The largest absolute Gasteiger partial charge is 0.466 e. The van der Waals surface area contributed by atoms with Crippen LogP contribution in [0, 0.1) is 0 Å². The van der Waals surface area contributed by atoms with Gasteiger partial charge in [0.1, 0.15) is 0 Å². The van der Waals surface area contributed by atoms with Crippen LogP contribution in [0.2, 0.25) is 0 Å². The Bertz CT molecular complexity index is 646. The number of unbranched alkanes of at least 4 members (excludes halogenated alkanes) is 16. The van der Waals surface area contributed by atoms with Crippen LogP contribution in [0.1, 0.15) is 187 Å². The van der Waals surface area contributed by atoms with Gasteiger partial charge in [-0.2, -0.15) is 0 Å². The quantitative estimate of drug-likeness (QED) is 0.0415. The fourth-order valence-corrected chi connectivity index (χ4v) is 5.29. The van der Waals surface area contributed by atoms with Gasteiger partial charge in [-0.05, 0) is 64.2 Å². The highest BCUT2D eigenvalue weighted by Gasteiger charge is 2.06. The summed E-state index contributed by atoms with van der Waals surface area (Å²) in [4.78, 5) is 23.8. The molecule has 0 spiro atoms. The number of hydrogen-bond acceptors (Lipinski definition) is 6. The third-order valence-electron chi connectivity index (χ3n) is 8.25. The molecule has 0 fully saturated rings. The molecule has 264 valence electrons. The van der Waals surface area contributed by atoms with Gasteiger partial charge in [0.25, 0.3) is 0 Å². The second-order valence-electron chi connectivity index (χ2n) is 12.8. The summed E-state index contributed by atoms with van der Waals surface area (Å²) in [7, 11) is 0. The van der Waals surface area contributed by atoms with Gasteiger partial charge in [-0.1, -0.05) is 128 Å². The van der Waals surface area contributed by atoms with Crippen LogP contribution in [0.15, 0.2) is 24.3 Å². The van der Waals surface area contributed by atoms with Crippen LogP contribution in [-0.4, -0.2) is 47.6 Å². The molecule has 0 aromatic carbocycles. The van der Waals surface area contributed by atoms with Gasteiger partial charge in [0.2, 0.25) is 0 Å². The molecular weight excluding hydrogens is 564 g/mol. The summed E-state index contributed by atoms with van der Waals surface area (Å²) < 4.78 is 10.5. The van der Waals surface area contributed by atoms with Gasteiger partial charge in [-0.15, -0.1) is 0 Å². The first-order valence-corrected chi connectivity index (χ1v) is 19.0. The maximum Gasteiger partial charge on any atom is 0.305 e. The molecule has 0 heterocycles. The zero-order chi connectivity index (χ0) is 33.1. The number of carbonyl (C=O) groups excluding carboxylic acids is 2. The first-order chi connectivity index (χ1) is 22.0. The molecule has 0 aliphatic carbocycles. The molecule has 0 bridgehead atoms. The van der Waals surface area contributed by atoms with Gasteiger partial charge in [-0.3, -0.25) is 9.59 Å². The number of allylic oxidation sites excluding steroid dienone is 2. The molecule has 0 aliphatic rings. The summed E-state index contributed by atoms with van der Waals surface area (Å²) in [5, 5.41) is 20.0. The number of aliphatic hydroxyl groups excluding tert-OH is 2. The molecule has 0 aromatic heterocycles. The van der Waals surface area contributed by atoms with Crippen LogP contribution < -0.4 is 0 Å². The van der Waals surface area contributed by atoms with Crippen molar-refractivity contribution in [1.29, 1.82) is 0 Å². The van der Waals surface area contributed by atoms with Crippen molar-refractivity contribution < 1.29 is 29.3 Å². The number of hydrogen-bond donors (Lipinski definition) is 2. The lowest BCUT2D eigenvalue weighted by atomic mass is 10.1. The van der Waals surface area contributed by atoms with Crippen molar-refractivity contribution in [1.82, 2.24) is 0 Å². The highest BCUT2D eigenvalue weighted by atomic mass is 16.5. The predicted molar refractivity (Wildman–Crippen MR) is 188 cm³/mol. The molecule has 0 radical (unpaired) electrons. The Morgan fingerprint density at radius 3 is 1.29 bits per heavy atom. The monoisotopic (exact) mass is 637 g/mol. The molecular formula is C39H72O6. The minimum Gasteiger partial charge on any atom is -0.466 e. The van der Waals surface area contributed by atoms with Crippen LogP contribution in [-0.2, 0) is 19.1 Å². The zero-order valence-corrected chi connectivity index (χ0v) is 29.5. The first-order valence-electron chi connectivity index (χ1n) is 19.0. The highest BCUT2D eigenvalue weighted by molar-refractivity contribution is 5.69. The average Bonchev–Trinajstić information content (AvgIpc) is 3.03. The maximum atomic E-state index is 11.9. The van der Waals surface area contributed by atoms with Crippen LogP contribution in [0.3, 0.4) is 0 Å². The van der Waals surface area contributed by atoms with Crippen molar-refractivity contribution in [3.05, 3.63) is 24.3 Å². The van der Waals surface area contributed by atoms with E-state index in [4.69, 9.17) is 9.47 Å². The van der Waals surface area contributed by atoms with Crippen molar-refractivity contribution in [3.63, 3.8) is 0 Å². The van der Waals surface area contributed by atoms with Crippen molar-refractivity contribution in [2.75, 3.05) is 13.2 Å². The minimum absolute atomic E-state index is 0.164. The Balaban J connectivity index is 3.43. The summed E-state index contributed by atoms with van der Waals surface area (Å²) in [5.74, 6) is -0.327. The SMILES string of the molecule is CCCCCC[C@H](O)C/C=C\CCCCCCCC(=O)OCCCOC(=O)CCCCCCC/C=C/C[C@H](O)CCCCCC. The smallest absolute Gasteiger partial charge is 0.305 e. The molecule has 0 unspecified atom stereocenters. The lowest BCUT2D eigenvalue weighted by Crippen LogP contribution is -2.10. The summed E-state index contributed by atoms with van der Waals surface area (Å²) in [5.41, 5.74) is 0. The lowest BCUT2D eigenvalue weighted by molar-refractivity contribution is -0.146. The second kappa shape index (κ2) is 35.2. The van der Waals surface area contributed by atoms with Gasteiger partial charge < -0.3 is 19.7 Å². The Morgan fingerprint density at radius 2 is 0.867 bits per heavy atom. The van der Waals surface area contributed by atoms with Crippen molar-refractivity contribution >= 4 is 11.9 Å². The molecule has 0 rings (SSSR count). The van der Waals surface area contributed by atoms with Crippen molar-refractivity contribution in [2.45, 2.75) is 199 Å². The number of carbonyl (C=O) groups is 2. The van der Waals surface area contributed by atoms with Gasteiger partial charge >= 0.3 is 11.9 Å².